The van der Waals surface area contributed by atoms with Gasteiger partial charge < -0.3 is 20.1 Å². The molecular weight excluding hydrogens is 478 g/mol. The number of nitrogens with zero attached hydrogens (tertiary/aromatic N) is 3. The SMILES string of the molecule is O=C(NCc1ccnnc1)Nc1ccc(OCc2ccc(OCCN3CCCCC3)cc2)c2ccccc12. The van der Waals surface area contributed by atoms with Crippen LogP contribution in [0, 0.1) is 0 Å². The molecule has 0 saturated carbocycles. The number of carbonyl (C=O) groups excluding carboxylic acids is 1. The molecule has 0 radical (unpaired) electrons. The molecule has 8 nitrogen and oxygen atoms in total. The lowest BCUT2D eigenvalue weighted by atomic mass is 10.1. The highest BCUT2D eigenvalue weighted by molar-refractivity contribution is 6.03. The first kappa shape index (κ1) is 25.5. The van der Waals surface area contributed by atoms with Crippen molar-refractivity contribution >= 4 is 22.5 Å². The first-order chi connectivity index (χ1) is 18.7. The minimum absolute atomic E-state index is 0.293. The predicted molar refractivity (Wildman–Crippen MR) is 148 cm³/mol. The summed E-state index contributed by atoms with van der Waals surface area (Å²) in [4.78, 5) is 15.0. The largest absolute Gasteiger partial charge is 0.492 e. The smallest absolute Gasteiger partial charge is 0.319 e. The van der Waals surface area contributed by atoms with Gasteiger partial charge in [-0.15, -0.1) is 0 Å². The summed E-state index contributed by atoms with van der Waals surface area (Å²) in [6, 6.07) is 21.2. The van der Waals surface area contributed by atoms with Crippen molar-refractivity contribution in [3.05, 3.63) is 90.3 Å². The van der Waals surface area contributed by atoms with E-state index < -0.39 is 0 Å². The normalized spacial score (nSPS) is 13.7. The average Bonchev–Trinajstić information content (AvgIpc) is 2.97. The number of aromatic nitrogens is 2. The van der Waals surface area contributed by atoms with Crippen molar-refractivity contribution in [2.24, 2.45) is 0 Å². The maximum Gasteiger partial charge on any atom is 0.319 e. The quantitative estimate of drug-likeness (QED) is 0.297. The Balaban J connectivity index is 1.15. The van der Waals surface area contributed by atoms with E-state index in [1.54, 1.807) is 12.4 Å². The number of benzene rings is 3. The van der Waals surface area contributed by atoms with Crippen molar-refractivity contribution in [3.8, 4) is 11.5 Å². The van der Waals surface area contributed by atoms with E-state index in [0.717, 1.165) is 39.9 Å². The Bertz CT molecular complexity index is 1330. The zero-order valence-electron chi connectivity index (χ0n) is 21.4. The van der Waals surface area contributed by atoms with Gasteiger partial charge in [0.15, 0.2) is 0 Å². The molecule has 0 unspecified atom stereocenters. The van der Waals surface area contributed by atoms with Crippen molar-refractivity contribution in [1.29, 1.82) is 0 Å². The van der Waals surface area contributed by atoms with Crippen LogP contribution in [-0.2, 0) is 13.2 Å². The number of amides is 2. The van der Waals surface area contributed by atoms with Gasteiger partial charge in [0.2, 0.25) is 0 Å². The summed E-state index contributed by atoms with van der Waals surface area (Å²) < 4.78 is 12.1. The van der Waals surface area contributed by atoms with E-state index in [4.69, 9.17) is 9.47 Å². The molecule has 0 aliphatic carbocycles. The molecule has 5 rings (SSSR count). The monoisotopic (exact) mass is 511 g/mol. The second-order valence-electron chi connectivity index (χ2n) is 9.40. The highest BCUT2D eigenvalue weighted by Gasteiger charge is 2.11. The molecule has 2 heterocycles. The van der Waals surface area contributed by atoms with Gasteiger partial charge >= 0.3 is 6.03 Å². The molecule has 196 valence electrons. The van der Waals surface area contributed by atoms with Crippen LogP contribution in [0.4, 0.5) is 10.5 Å². The summed E-state index contributed by atoms with van der Waals surface area (Å²) in [6.07, 6.45) is 7.16. The minimum atomic E-state index is -0.293. The van der Waals surface area contributed by atoms with E-state index in [-0.39, 0.29) is 6.03 Å². The average molecular weight is 512 g/mol. The van der Waals surface area contributed by atoms with Crippen LogP contribution in [0.25, 0.3) is 10.8 Å². The van der Waals surface area contributed by atoms with E-state index in [1.807, 2.05) is 66.7 Å². The number of carbonyl (C=O) groups is 1. The molecular formula is C30H33N5O3. The van der Waals surface area contributed by atoms with Crippen molar-refractivity contribution in [2.45, 2.75) is 32.4 Å². The molecule has 2 N–H and O–H groups in total. The van der Waals surface area contributed by atoms with E-state index in [0.29, 0.717) is 25.4 Å². The summed E-state index contributed by atoms with van der Waals surface area (Å²) in [7, 11) is 0. The van der Waals surface area contributed by atoms with Gasteiger partial charge in [-0.1, -0.05) is 42.8 Å². The van der Waals surface area contributed by atoms with Crippen LogP contribution in [-0.4, -0.2) is 47.4 Å². The fraction of sp³-hybridized carbons (Fsp3) is 0.300. The number of hydrogen-bond acceptors (Lipinski definition) is 6. The van der Waals surface area contributed by atoms with Gasteiger partial charge in [0.25, 0.3) is 0 Å². The summed E-state index contributed by atoms with van der Waals surface area (Å²) >= 11 is 0. The topological polar surface area (TPSA) is 88.6 Å². The number of rotatable bonds is 10. The van der Waals surface area contributed by atoms with Crippen molar-refractivity contribution < 1.29 is 14.3 Å². The van der Waals surface area contributed by atoms with Crippen LogP contribution in [0.2, 0.25) is 0 Å². The predicted octanol–water partition coefficient (Wildman–Crippen LogP) is 5.40. The zero-order chi connectivity index (χ0) is 26.0. The number of ether oxygens (including phenoxy) is 2. The molecule has 1 aliphatic heterocycles. The van der Waals surface area contributed by atoms with Crippen molar-refractivity contribution in [3.63, 3.8) is 0 Å². The van der Waals surface area contributed by atoms with Crippen LogP contribution < -0.4 is 20.1 Å². The number of nitrogens with one attached hydrogen (secondary N) is 2. The lowest BCUT2D eigenvalue weighted by Crippen LogP contribution is -2.33. The van der Waals surface area contributed by atoms with Gasteiger partial charge in [0.1, 0.15) is 24.7 Å². The van der Waals surface area contributed by atoms with Gasteiger partial charge in [-0.2, -0.15) is 10.2 Å². The second-order valence-corrected chi connectivity index (χ2v) is 9.40. The third-order valence-corrected chi connectivity index (χ3v) is 6.67. The minimum Gasteiger partial charge on any atom is -0.492 e. The molecule has 0 bridgehead atoms. The Kier molecular flexibility index (Phi) is 8.63. The van der Waals surface area contributed by atoms with Crippen LogP contribution in [0.5, 0.6) is 11.5 Å². The first-order valence-electron chi connectivity index (χ1n) is 13.1. The van der Waals surface area contributed by atoms with Crippen LogP contribution in [0.1, 0.15) is 30.4 Å². The maximum atomic E-state index is 12.5. The van der Waals surface area contributed by atoms with E-state index >= 15 is 0 Å². The Morgan fingerprint density at radius 1 is 0.842 bits per heavy atom. The second kappa shape index (κ2) is 12.9. The molecule has 4 aromatic rings. The zero-order valence-corrected chi connectivity index (χ0v) is 21.4. The molecule has 0 atom stereocenters. The van der Waals surface area contributed by atoms with Crippen molar-refractivity contribution in [2.75, 3.05) is 31.6 Å². The molecule has 38 heavy (non-hydrogen) atoms. The van der Waals surface area contributed by atoms with Crippen LogP contribution in [0.15, 0.2) is 79.1 Å². The number of anilines is 1. The van der Waals surface area contributed by atoms with E-state index in [2.05, 4.69) is 25.7 Å². The van der Waals surface area contributed by atoms with Crippen LogP contribution >= 0.6 is 0 Å². The standard InChI is InChI=1S/C30H33N5O3/c36-30(31-20-24-14-15-32-33-21-24)34-28-12-13-29(27-7-3-2-6-26(27)28)38-22-23-8-10-25(11-9-23)37-19-18-35-16-4-1-5-17-35/h2-3,6-15,21H,1,4-5,16-20,22H2,(H2,31,34,36). The lowest BCUT2D eigenvalue weighted by Gasteiger charge is -2.26. The molecule has 1 aromatic heterocycles. The Labute approximate surface area is 223 Å². The van der Waals surface area contributed by atoms with Gasteiger partial charge in [-0.3, -0.25) is 4.90 Å². The summed E-state index contributed by atoms with van der Waals surface area (Å²) in [5, 5.41) is 15.2. The van der Waals surface area contributed by atoms with Gasteiger partial charge in [0.05, 0.1) is 11.9 Å². The van der Waals surface area contributed by atoms with Gasteiger partial charge in [-0.05, 0) is 67.4 Å². The summed E-state index contributed by atoms with van der Waals surface area (Å²) in [5.41, 5.74) is 2.65. The fourth-order valence-corrected chi connectivity index (χ4v) is 4.60. The lowest BCUT2D eigenvalue weighted by molar-refractivity contribution is 0.183. The summed E-state index contributed by atoms with van der Waals surface area (Å²) in [6.45, 7) is 4.85. The highest BCUT2D eigenvalue weighted by Crippen LogP contribution is 2.32. The molecule has 1 fully saturated rings. The highest BCUT2D eigenvalue weighted by atomic mass is 16.5. The molecule has 1 aliphatic rings. The summed E-state index contributed by atoms with van der Waals surface area (Å²) in [5.74, 6) is 1.64. The number of urea groups is 1. The molecule has 0 spiro atoms. The molecule has 1 saturated heterocycles. The van der Waals surface area contributed by atoms with E-state index in [1.165, 1.54) is 32.4 Å². The number of piperidine rings is 1. The Morgan fingerprint density at radius 3 is 2.45 bits per heavy atom. The van der Waals surface area contributed by atoms with E-state index in [9.17, 15) is 4.79 Å². The number of hydrogen-bond donors (Lipinski definition) is 2. The Morgan fingerprint density at radius 2 is 1.66 bits per heavy atom. The molecule has 8 heteroatoms. The third kappa shape index (κ3) is 6.98. The molecule has 2 amide bonds. The number of fused-ring (bicyclic) bond motifs is 1. The van der Waals surface area contributed by atoms with Gasteiger partial charge in [-0.25, -0.2) is 4.79 Å². The first-order valence-corrected chi connectivity index (χ1v) is 13.1. The Hall–Kier alpha value is -4.17. The molecule has 3 aromatic carbocycles. The van der Waals surface area contributed by atoms with Gasteiger partial charge in [0, 0.05) is 30.1 Å². The fourth-order valence-electron chi connectivity index (χ4n) is 4.60. The third-order valence-electron chi connectivity index (χ3n) is 6.67. The number of likely N-dealkylation sites (tertiary alicyclic amines) is 1. The van der Waals surface area contributed by atoms with Crippen LogP contribution in [0.3, 0.4) is 0 Å². The van der Waals surface area contributed by atoms with Crippen molar-refractivity contribution in [1.82, 2.24) is 20.4 Å². The maximum absolute atomic E-state index is 12.5.